The third-order valence-corrected chi connectivity index (χ3v) is 5.35. The Balaban J connectivity index is 1.90. The third-order valence-electron chi connectivity index (χ3n) is 3.16. The third kappa shape index (κ3) is 4.87. The van der Waals surface area contributed by atoms with E-state index in [9.17, 15) is 4.79 Å². The largest absolute Gasteiger partial charge is 0.493 e. The number of methoxy groups -OCH3 is 2. The zero-order chi connectivity index (χ0) is 16.8. The summed E-state index contributed by atoms with van der Waals surface area (Å²) >= 11 is 3.03. The molecule has 2 rings (SSSR count). The average molecular weight is 352 g/mol. The second-order valence-corrected chi connectivity index (χ2v) is 7.37. The van der Waals surface area contributed by atoms with Gasteiger partial charge in [0.05, 0.1) is 19.5 Å². The minimum absolute atomic E-state index is 0.0161. The monoisotopic (exact) mass is 352 g/mol. The van der Waals surface area contributed by atoms with Crippen LogP contribution in [0.3, 0.4) is 0 Å². The van der Waals surface area contributed by atoms with Gasteiger partial charge in [-0.2, -0.15) is 0 Å². The van der Waals surface area contributed by atoms with E-state index in [1.165, 1.54) is 11.8 Å². The first-order valence-electron chi connectivity index (χ1n) is 7.11. The summed E-state index contributed by atoms with van der Waals surface area (Å²) in [6, 6.07) is 5.60. The average Bonchev–Trinajstić information content (AvgIpc) is 2.96. The quantitative estimate of drug-likeness (QED) is 0.775. The van der Waals surface area contributed by atoms with Crippen LogP contribution >= 0.6 is 23.1 Å². The van der Waals surface area contributed by atoms with Crippen LogP contribution in [0, 0.1) is 6.92 Å². The van der Waals surface area contributed by atoms with Gasteiger partial charge < -0.3 is 14.8 Å². The van der Waals surface area contributed by atoms with Crippen LogP contribution in [0.4, 0.5) is 0 Å². The van der Waals surface area contributed by atoms with Crippen LogP contribution in [0.15, 0.2) is 27.9 Å². The highest BCUT2D eigenvalue weighted by Gasteiger charge is 2.16. The number of carbonyl (C=O) groups is 1. The van der Waals surface area contributed by atoms with Gasteiger partial charge in [0.2, 0.25) is 5.91 Å². The number of nitrogens with one attached hydrogen (secondary N) is 1. The molecule has 23 heavy (non-hydrogen) atoms. The van der Waals surface area contributed by atoms with Crippen LogP contribution in [0.2, 0.25) is 0 Å². The minimum Gasteiger partial charge on any atom is -0.493 e. The second kappa shape index (κ2) is 8.21. The Morgan fingerprint density at radius 3 is 2.70 bits per heavy atom. The Morgan fingerprint density at radius 1 is 1.35 bits per heavy atom. The van der Waals surface area contributed by atoms with Gasteiger partial charge in [-0.3, -0.25) is 4.79 Å². The molecule has 0 fully saturated rings. The van der Waals surface area contributed by atoms with Gasteiger partial charge in [0.15, 0.2) is 15.8 Å². The summed E-state index contributed by atoms with van der Waals surface area (Å²) in [6.45, 7) is 4.27. The molecule has 1 unspecified atom stereocenters. The van der Waals surface area contributed by atoms with Crippen molar-refractivity contribution >= 4 is 29.0 Å². The van der Waals surface area contributed by atoms with E-state index in [0.717, 1.165) is 15.6 Å². The number of nitrogens with zero attached hydrogens (tertiary/aromatic N) is 1. The summed E-state index contributed by atoms with van der Waals surface area (Å²) in [5.74, 6) is 1.31. The lowest BCUT2D eigenvalue weighted by atomic mass is 10.2. The van der Waals surface area contributed by atoms with Crippen molar-refractivity contribution in [2.75, 3.05) is 14.2 Å². The van der Waals surface area contributed by atoms with E-state index >= 15 is 0 Å². The van der Waals surface area contributed by atoms with E-state index in [1.54, 1.807) is 25.6 Å². The van der Waals surface area contributed by atoms with E-state index in [-0.39, 0.29) is 11.2 Å². The van der Waals surface area contributed by atoms with Crippen LogP contribution in [-0.2, 0) is 11.3 Å². The molecule has 0 spiro atoms. The Labute approximate surface area is 144 Å². The van der Waals surface area contributed by atoms with Crippen LogP contribution in [-0.4, -0.2) is 30.4 Å². The van der Waals surface area contributed by atoms with E-state index < -0.39 is 0 Å². The maximum atomic E-state index is 12.2. The molecule has 2 aromatic rings. The maximum Gasteiger partial charge on any atom is 0.233 e. The fourth-order valence-corrected chi connectivity index (χ4v) is 3.92. The van der Waals surface area contributed by atoms with E-state index in [4.69, 9.17) is 9.47 Å². The molecule has 1 aromatic carbocycles. The Hall–Kier alpha value is -1.73. The fourth-order valence-electron chi connectivity index (χ4n) is 1.91. The van der Waals surface area contributed by atoms with Gasteiger partial charge in [0.1, 0.15) is 0 Å². The number of hydrogen-bond acceptors (Lipinski definition) is 6. The van der Waals surface area contributed by atoms with Crippen molar-refractivity contribution < 1.29 is 14.3 Å². The molecular formula is C16H20N2O3S2. The highest BCUT2D eigenvalue weighted by atomic mass is 32.2. The maximum absolute atomic E-state index is 12.2. The van der Waals surface area contributed by atoms with E-state index in [1.807, 2.05) is 37.4 Å². The predicted molar refractivity (Wildman–Crippen MR) is 93.6 cm³/mol. The molecule has 1 amide bonds. The summed E-state index contributed by atoms with van der Waals surface area (Å²) in [7, 11) is 3.19. The van der Waals surface area contributed by atoms with Crippen molar-refractivity contribution in [2.45, 2.75) is 30.0 Å². The van der Waals surface area contributed by atoms with Crippen LogP contribution in [0.1, 0.15) is 18.2 Å². The molecule has 0 saturated heterocycles. The zero-order valence-electron chi connectivity index (χ0n) is 13.6. The first-order valence-corrected chi connectivity index (χ1v) is 8.86. The SMILES string of the molecule is COc1ccc(CNC(=O)C(C)Sc2nc(C)cs2)cc1OC. The molecule has 1 atom stereocenters. The molecular weight excluding hydrogens is 332 g/mol. The van der Waals surface area contributed by atoms with Gasteiger partial charge >= 0.3 is 0 Å². The highest BCUT2D eigenvalue weighted by Crippen LogP contribution is 2.28. The first kappa shape index (κ1) is 17.6. The number of amides is 1. The van der Waals surface area contributed by atoms with Gasteiger partial charge in [0, 0.05) is 17.6 Å². The van der Waals surface area contributed by atoms with Gasteiger partial charge in [-0.1, -0.05) is 17.8 Å². The molecule has 0 aliphatic carbocycles. The number of benzene rings is 1. The molecule has 0 bridgehead atoms. The Kier molecular flexibility index (Phi) is 6.29. The zero-order valence-corrected chi connectivity index (χ0v) is 15.2. The number of ether oxygens (including phenoxy) is 2. The lowest BCUT2D eigenvalue weighted by molar-refractivity contribution is -0.120. The number of aryl methyl sites for hydroxylation is 1. The van der Waals surface area contributed by atoms with Crippen molar-refractivity contribution in [1.29, 1.82) is 0 Å². The highest BCUT2D eigenvalue weighted by molar-refractivity contribution is 8.02. The molecule has 124 valence electrons. The van der Waals surface area contributed by atoms with E-state index in [2.05, 4.69) is 10.3 Å². The molecule has 0 saturated carbocycles. The van der Waals surface area contributed by atoms with Gasteiger partial charge in [-0.15, -0.1) is 11.3 Å². The molecule has 1 N–H and O–H groups in total. The molecule has 0 aliphatic heterocycles. The fraction of sp³-hybridized carbons (Fsp3) is 0.375. The topological polar surface area (TPSA) is 60.5 Å². The molecule has 1 heterocycles. The van der Waals surface area contributed by atoms with Crippen LogP contribution in [0.25, 0.3) is 0 Å². The standard InChI is InChI=1S/C16H20N2O3S2/c1-10-9-22-16(18-10)23-11(2)15(19)17-8-12-5-6-13(20-3)14(7-12)21-4/h5-7,9,11H,8H2,1-4H3,(H,17,19). The van der Waals surface area contributed by atoms with Gasteiger partial charge in [0.25, 0.3) is 0 Å². The van der Waals surface area contributed by atoms with Crippen molar-refractivity contribution in [2.24, 2.45) is 0 Å². The lowest BCUT2D eigenvalue weighted by Crippen LogP contribution is -2.30. The van der Waals surface area contributed by atoms with Crippen LogP contribution in [0.5, 0.6) is 11.5 Å². The van der Waals surface area contributed by atoms with Crippen molar-refractivity contribution in [3.05, 3.63) is 34.8 Å². The number of aromatic nitrogens is 1. The first-order chi connectivity index (χ1) is 11.0. The smallest absolute Gasteiger partial charge is 0.233 e. The number of rotatable bonds is 7. The Morgan fingerprint density at radius 2 is 2.09 bits per heavy atom. The number of hydrogen-bond donors (Lipinski definition) is 1. The van der Waals surface area contributed by atoms with Crippen molar-refractivity contribution in [3.8, 4) is 11.5 Å². The second-order valence-electron chi connectivity index (χ2n) is 4.92. The number of carbonyl (C=O) groups excluding carboxylic acids is 1. The molecule has 1 aromatic heterocycles. The van der Waals surface area contributed by atoms with Crippen molar-refractivity contribution in [1.82, 2.24) is 10.3 Å². The van der Waals surface area contributed by atoms with Gasteiger partial charge in [-0.05, 0) is 31.5 Å². The minimum atomic E-state index is -0.194. The summed E-state index contributed by atoms with van der Waals surface area (Å²) < 4.78 is 11.4. The Bertz CT molecular complexity index is 673. The molecule has 7 heteroatoms. The summed E-state index contributed by atoms with van der Waals surface area (Å²) in [5, 5.41) is 4.72. The number of thiazole rings is 1. The summed E-state index contributed by atoms with van der Waals surface area (Å²) in [6.07, 6.45) is 0. The summed E-state index contributed by atoms with van der Waals surface area (Å²) in [4.78, 5) is 16.6. The molecule has 0 radical (unpaired) electrons. The summed E-state index contributed by atoms with van der Waals surface area (Å²) in [5.41, 5.74) is 1.94. The number of thioether (sulfide) groups is 1. The van der Waals surface area contributed by atoms with Crippen LogP contribution < -0.4 is 14.8 Å². The lowest BCUT2D eigenvalue weighted by Gasteiger charge is -2.12. The van der Waals surface area contributed by atoms with E-state index in [0.29, 0.717) is 18.0 Å². The van der Waals surface area contributed by atoms with Crippen molar-refractivity contribution in [3.63, 3.8) is 0 Å². The van der Waals surface area contributed by atoms with Gasteiger partial charge in [-0.25, -0.2) is 4.98 Å². The predicted octanol–water partition coefficient (Wildman–Crippen LogP) is 3.27. The molecule has 0 aliphatic rings. The normalized spacial score (nSPS) is 11.8. The molecule has 5 nitrogen and oxygen atoms in total.